The molecule has 0 aliphatic rings. The van der Waals surface area contributed by atoms with Crippen molar-refractivity contribution in [3.63, 3.8) is 0 Å². The van der Waals surface area contributed by atoms with Crippen molar-refractivity contribution in [2.45, 2.75) is 19.8 Å². The zero-order chi connectivity index (χ0) is 16.7. The van der Waals surface area contributed by atoms with E-state index in [-0.39, 0.29) is 29.0 Å². The fourth-order valence-corrected chi connectivity index (χ4v) is 2.11. The van der Waals surface area contributed by atoms with Gasteiger partial charge < -0.3 is 20.1 Å². The maximum Gasteiger partial charge on any atom is 0.255 e. The molecule has 1 rings (SSSR count). The second kappa shape index (κ2) is 8.48. The SMILES string of the molecule is CCCCN(C)C(=O)c1cc(Cl)c(OCC(N)=O)c(OC)c1. The van der Waals surface area contributed by atoms with Gasteiger partial charge in [0.25, 0.3) is 11.8 Å². The van der Waals surface area contributed by atoms with Crippen molar-refractivity contribution < 1.29 is 19.1 Å². The number of primary amides is 1. The highest BCUT2D eigenvalue weighted by Crippen LogP contribution is 2.36. The van der Waals surface area contributed by atoms with Crippen LogP contribution in [0.2, 0.25) is 5.02 Å². The monoisotopic (exact) mass is 328 g/mol. The topological polar surface area (TPSA) is 81.9 Å². The quantitative estimate of drug-likeness (QED) is 0.792. The van der Waals surface area contributed by atoms with Crippen LogP contribution in [0.25, 0.3) is 0 Å². The van der Waals surface area contributed by atoms with Crippen molar-refractivity contribution >= 4 is 23.4 Å². The molecule has 0 saturated heterocycles. The van der Waals surface area contributed by atoms with Gasteiger partial charge >= 0.3 is 0 Å². The first-order valence-electron chi connectivity index (χ1n) is 6.94. The van der Waals surface area contributed by atoms with Crippen molar-refractivity contribution in [2.75, 3.05) is 27.3 Å². The van der Waals surface area contributed by atoms with E-state index in [0.29, 0.717) is 12.1 Å². The third-order valence-electron chi connectivity index (χ3n) is 3.03. The second-order valence-electron chi connectivity index (χ2n) is 4.82. The Bertz CT molecular complexity index is 549. The molecule has 0 fully saturated rings. The molecule has 0 heterocycles. The number of ether oxygens (including phenoxy) is 2. The van der Waals surface area contributed by atoms with Crippen LogP contribution in [0.3, 0.4) is 0 Å². The van der Waals surface area contributed by atoms with Gasteiger partial charge in [-0.2, -0.15) is 0 Å². The molecule has 1 aromatic rings. The second-order valence-corrected chi connectivity index (χ2v) is 5.23. The van der Waals surface area contributed by atoms with Crippen LogP contribution in [0.15, 0.2) is 12.1 Å². The average Bonchev–Trinajstić information content (AvgIpc) is 2.49. The molecule has 0 radical (unpaired) electrons. The largest absolute Gasteiger partial charge is 0.493 e. The highest BCUT2D eigenvalue weighted by molar-refractivity contribution is 6.32. The van der Waals surface area contributed by atoms with Gasteiger partial charge in [-0.3, -0.25) is 9.59 Å². The van der Waals surface area contributed by atoms with Crippen LogP contribution < -0.4 is 15.2 Å². The maximum absolute atomic E-state index is 12.3. The molecule has 22 heavy (non-hydrogen) atoms. The summed E-state index contributed by atoms with van der Waals surface area (Å²) in [6.07, 6.45) is 1.93. The van der Waals surface area contributed by atoms with Crippen LogP contribution in [0.1, 0.15) is 30.1 Å². The number of carbonyl (C=O) groups excluding carboxylic acids is 2. The Morgan fingerprint density at radius 3 is 2.59 bits per heavy atom. The molecular formula is C15H21ClN2O4. The number of halogens is 1. The van der Waals surface area contributed by atoms with Crippen molar-refractivity contribution in [1.82, 2.24) is 4.90 Å². The minimum Gasteiger partial charge on any atom is -0.493 e. The molecule has 2 N–H and O–H groups in total. The number of nitrogens with zero attached hydrogens (tertiary/aromatic N) is 1. The Labute approximate surface area is 135 Å². The first kappa shape index (κ1) is 18.1. The molecule has 6 nitrogen and oxygen atoms in total. The van der Waals surface area contributed by atoms with E-state index in [4.69, 9.17) is 26.8 Å². The van der Waals surface area contributed by atoms with Gasteiger partial charge in [-0.1, -0.05) is 24.9 Å². The standard InChI is InChI=1S/C15H21ClN2O4/c1-4-5-6-18(2)15(20)10-7-11(16)14(12(8-10)21-3)22-9-13(17)19/h7-8H,4-6,9H2,1-3H3,(H2,17,19). The van der Waals surface area contributed by atoms with Crippen LogP contribution in [-0.2, 0) is 4.79 Å². The van der Waals surface area contributed by atoms with Crippen molar-refractivity contribution in [2.24, 2.45) is 5.73 Å². The molecular weight excluding hydrogens is 308 g/mol. The molecule has 0 aliphatic carbocycles. The average molecular weight is 329 g/mol. The lowest BCUT2D eigenvalue weighted by atomic mass is 10.1. The molecule has 0 aromatic heterocycles. The molecule has 7 heteroatoms. The summed E-state index contributed by atoms with van der Waals surface area (Å²) in [5.41, 5.74) is 5.43. The lowest BCUT2D eigenvalue weighted by Gasteiger charge is -2.18. The summed E-state index contributed by atoms with van der Waals surface area (Å²) in [5, 5.41) is 0.188. The van der Waals surface area contributed by atoms with Crippen LogP contribution in [0, 0.1) is 0 Å². The number of amides is 2. The molecule has 2 amide bonds. The fraction of sp³-hybridized carbons (Fsp3) is 0.467. The Morgan fingerprint density at radius 2 is 2.05 bits per heavy atom. The molecule has 1 aromatic carbocycles. The predicted octanol–water partition coefficient (Wildman–Crippen LogP) is 2.08. The molecule has 0 atom stereocenters. The summed E-state index contributed by atoms with van der Waals surface area (Å²) in [7, 11) is 3.16. The summed E-state index contributed by atoms with van der Waals surface area (Å²) in [6.45, 7) is 2.40. The van der Waals surface area contributed by atoms with E-state index in [1.807, 2.05) is 0 Å². The van der Waals surface area contributed by atoms with E-state index in [2.05, 4.69) is 6.92 Å². The zero-order valence-electron chi connectivity index (χ0n) is 13.0. The molecule has 0 unspecified atom stereocenters. The minimum absolute atomic E-state index is 0.157. The van der Waals surface area contributed by atoms with Crippen LogP contribution in [0.4, 0.5) is 0 Å². The fourth-order valence-electron chi connectivity index (χ4n) is 1.84. The molecule has 0 spiro atoms. The summed E-state index contributed by atoms with van der Waals surface area (Å²) in [5.74, 6) is -0.315. The van der Waals surface area contributed by atoms with Gasteiger partial charge in [-0.05, 0) is 18.6 Å². The number of hydrogen-bond acceptors (Lipinski definition) is 4. The highest BCUT2D eigenvalue weighted by Gasteiger charge is 2.18. The van der Waals surface area contributed by atoms with Gasteiger partial charge in [0.1, 0.15) is 0 Å². The van der Waals surface area contributed by atoms with Gasteiger partial charge in [-0.25, -0.2) is 0 Å². The number of hydrogen-bond donors (Lipinski definition) is 1. The number of unbranched alkanes of at least 4 members (excludes halogenated alkanes) is 1. The van der Waals surface area contributed by atoms with Gasteiger partial charge in [0.15, 0.2) is 18.1 Å². The predicted molar refractivity (Wildman–Crippen MR) is 84.6 cm³/mol. The highest BCUT2D eigenvalue weighted by atomic mass is 35.5. The number of methoxy groups -OCH3 is 1. The minimum atomic E-state index is -0.627. The number of benzene rings is 1. The lowest BCUT2D eigenvalue weighted by molar-refractivity contribution is -0.119. The van der Waals surface area contributed by atoms with Crippen molar-refractivity contribution in [1.29, 1.82) is 0 Å². The number of rotatable bonds is 8. The van der Waals surface area contributed by atoms with Crippen molar-refractivity contribution in [3.05, 3.63) is 22.7 Å². The normalized spacial score (nSPS) is 10.2. The van der Waals surface area contributed by atoms with E-state index in [0.717, 1.165) is 12.8 Å². The molecule has 0 saturated carbocycles. The zero-order valence-corrected chi connectivity index (χ0v) is 13.8. The van der Waals surface area contributed by atoms with Gasteiger partial charge in [0.2, 0.25) is 0 Å². The van der Waals surface area contributed by atoms with E-state index in [1.165, 1.54) is 19.2 Å². The number of carbonyl (C=O) groups is 2. The van der Waals surface area contributed by atoms with Crippen LogP contribution in [0.5, 0.6) is 11.5 Å². The molecule has 0 aliphatic heterocycles. The molecule has 122 valence electrons. The lowest BCUT2D eigenvalue weighted by Crippen LogP contribution is -2.27. The smallest absolute Gasteiger partial charge is 0.255 e. The molecule has 0 bridgehead atoms. The Kier molecular flexibility index (Phi) is 6.98. The van der Waals surface area contributed by atoms with Crippen LogP contribution >= 0.6 is 11.6 Å². The first-order chi connectivity index (χ1) is 10.4. The van der Waals surface area contributed by atoms with Gasteiger partial charge in [0, 0.05) is 19.2 Å². The third-order valence-corrected chi connectivity index (χ3v) is 3.31. The Hall–Kier alpha value is -1.95. The summed E-state index contributed by atoms with van der Waals surface area (Å²) in [4.78, 5) is 24.8. The van der Waals surface area contributed by atoms with E-state index >= 15 is 0 Å². The Balaban J connectivity index is 3.01. The number of nitrogens with two attached hydrogens (primary N) is 1. The van der Waals surface area contributed by atoms with Gasteiger partial charge in [-0.15, -0.1) is 0 Å². The summed E-state index contributed by atoms with van der Waals surface area (Å²) < 4.78 is 10.4. The first-order valence-corrected chi connectivity index (χ1v) is 7.32. The third kappa shape index (κ3) is 4.80. The van der Waals surface area contributed by atoms with Crippen LogP contribution in [-0.4, -0.2) is 44.0 Å². The maximum atomic E-state index is 12.3. The van der Waals surface area contributed by atoms with Crippen molar-refractivity contribution in [3.8, 4) is 11.5 Å². The van der Waals surface area contributed by atoms with E-state index in [1.54, 1.807) is 11.9 Å². The van der Waals surface area contributed by atoms with Gasteiger partial charge in [0.05, 0.1) is 12.1 Å². The summed E-state index contributed by atoms with van der Waals surface area (Å²) in [6, 6.07) is 3.03. The Morgan fingerprint density at radius 1 is 1.36 bits per heavy atom. The summed E-state index contributed by atoms with van der Waals surface area (Å²) >= 11 is 6.12. The van der Waals surface area contributed by atoms with E-state index in [9.17, 15) is 9.59 Å². The van der Waals surface area contributed by atoms with E-state index < -0.39 is 5.91 Å².